The van der Waals surface area contributed by atoms with E-state index in [2.05, 4.69) is 52.8 Å². The van der Waals surface area contributed by atoms with E-state index >= 15 is 0 Å². The molecule has 2 N–H and O–H groups in total. The Bertz CT molecular complexity index is 602. The Morgan fingerprint density at radius 1 is 1.25 bits per heavy atom. The van der Waals surface area contributed by atoms with Crippen molar-refractivity contribution in [1.29, 1.82) is 0 Å². The highest BCUT2D eigenvalue weighted by Gasteiger charge is 2.32. The number of nitrogens with zero attached hydrogens (tertiary/aromatic N) is 2. The van der Waals surface area contributed by atoms with Crippen LogP contribution in [0.3, 0.4) is 0 Å². The van der Waals surface area contributed by atoms with Gasteiger partial charge >= 0.3 is 0 Å². The maximum atomic E-state index is 5.82. The van der Waals surface area contributed by atoms with E-state index in [1.54, 1.807) is 7.11 Å². The van der Waals surface area contributed by atoms with Crippen LogP contribution in [0.25, 0.3) is 0 Å². The minimum absolute atomic E-state index is 0.187. The summed E-state index contributed by atoms with van der Waals surface area (Å²) in [6, 6.07) is 11.3. The van der Waals surface area contributed by atoms with Gasteiger partial charge in [0.15, 0.2) is 5.96 Å². The van der Waals surface area contributed by atoms with E-state index in [1.807, 2.05) is 0 Å². The van der Waals surface area contributed by atoms with Crippen molar-refractivity contribution in [2.45, 2.75) is 50.8 Å². The van der Waals surface area contributed by atoms with Gasteiger partial charge < -0.3 is 20.1 Å². The van der Waals surface area contributed by atoms with Crippen molar-refractivity contribution < 1.29 is 9.47 Å². The van der Waals surface area contributed by atoms with Crippen LogP contribution in [-0.2, 0) is 16.0 Å². The first kappa shape index (κ1) is 21.1. The molecule has 2 fully saturated rings. The average Bonchev–Trinajstić information content (AvgIpc) is 3.18. The van der Waals surface area contributed by atoms with E-state index in [4.69, 9.17) is 14.5 Å². The molecule has 1 atom stereocenters. The first-order chi connectivity index (χ1) is 13.7. The lowest BCUT2D eigenvalue weighted by Crippen LogP contribution is -2.46. The Labute approximate surface area is 169 Å². The number of aliphatic imine (C=N–C) groups is 1. The summed E-state index contributed by atoms with van der Waals surface area (Å²) in [4.78, 5) is 7.43. The lowest BCUT2D eigenvalue weighted by atomic mass is 9.94. The second-order valence-electron chi connectivity index (χ2n) is 7.83. The molecule has 1 aromatic rings. The molecule has 28 heavy (non-hydrogen) atoms. The molecule has 3 rings (SSSR count). The first-order valence-electron chi connectivity index (χ1n) is 10.7. The molecular formula is C22H36N4O2. The molecule has 2 saturated heterocycles. The molecule has 2 aliphatic heterocycles. The van der Waals surface area contributed by atoms with Gasteiger partial charge in [-0.2, -0.15) is 0 Å². The molecule has 0 saturated carbocycles. The van der Waals surface area contributed by atoms with E-state index in [1.165, 1.54) is 24.9 Å². The van der Waals surface area contributed by atoms with Crippen molar-refractivity contribution in [2.24, 2.45) is 4.99 Å². The van der Waals surface area contributed by atoms with Gasteiger partial charge in [-0.1, -0.05) is 30.3 Å². The molecule has 2 heterocycles. The lowest BCUT2D eigenvalue weighted by molar-refractivity contribution is -0.0828. The third-order valence-corrected chi connectivity index (χ3v) is 5.94. The summed E-state index contributed by atoms with van der Waals surface area (Å²) in [7, 11) is 1.79. The second kappa shape index (κ2) is 10.8. The van der Waals surface area contributed by atoms with Gasteiger partial charge in [0.25, 0.3) is 0 Å². The molecule has 156 valence electrons. The van der Waals surface area contributed by atoms with Crippen molar-refractivity contribution in [3.05, 3.63) is 35.9 Å². The molecule has 0 radical (unpaired) electrons. The average molecular weight is 389 g/mol. The number of benzene rings is 1. The zero-order chi connectivity index (χ0) is 19.7. The Kier molecular flexibility index (Phi) is 8.13. The van der Waals surface area contributed by atoms with Gasteiger partial charge in [0.1, 0.15) is 0 Å². The summed E-state index contributed by atoms with van der Waals surface area (Å²) in [6.45, 7) is 8.24. The maximum Gasteiger partial charge on any atom is 0.191 e. The van der Waals surface area contributed by atoms with Crippen LogP contribution in [-0.4, -0.2) is 69.0 Å². The minimum Gasteiger partial charge on any atom is -0.381 e. The van der Waals surface area contributed by atoms with Gasteiger partial charge in [0.05, 0.1) is 12.1 Å². The quantitative estimate of drug-likeness (QED) is 0.529. The largest absolute Gasteiger partial charge is 0.381 e. The minimum atomic E-state index is -0.187. The van der Waals surface area contributed by atoms with Crippen LogP contribution in [0, 0.1) is 0 Å². The monoisotopic (exact) mass is 388 g/mol. The molecular weight excluding hydrogens is 352 g/mol. The van der Waals surface area contributed by atoms with Crippen LogP contribution in [0.5, 0.6) is 0 Å². The molecule has 1 unspecified atom stereocenters. The summed E-state index contributed by atoms with van der Waals surface area (Å²) in [5.41, 5.74) is 1.20. The summed E-state index contributed by atoms with van der Waals surface area (Å²) in [5.74, 6) is 0.886. The SMILES string of the molecule is CCNC(=NCC1(OC)CCOCC1)NCC1CCCN1Cc1ccccc1. The summed E-state index contributed by atoms with van der Waals surface area (Å²) >= 11 is 0. The van der Waals surface area contributed by atoms with Gasteiger partial charge in [-0.3, -0.25) is 9.89 Å². The van der Waals surface area contributed by atoms with E-state index in [0.717, 1.165) is 51.6 Å². The predicted octanol–water partition coefficient (Wildman–Crippen LogP) is 2.40. The third-order valence-electron chi connectivity index (χ3n) is 5.94. The normalized spacial score (nSPS) is 22.9. The van der Waals surface area contributed by atoms with Crippen molar-refractivity contribution in [2.75, 3.05) is 46.5 Å². The fraction of sp³-hybridized carbons (Fsp3) is 0.682. The molecule has 2 aliphatic rings. The number of rotatable bonds is 8. The van der Waals surface area contributed by atoms with Crippen molar-refractivity contribution in [1.82, 2.24) is 15.5 Å². The number of methoxy groups -OCH3 is 1. The summed E-state index contributed by atoms with van der Waals surface area (Å²) < 4.78 is 11.3. The Balaban J connectivity index is 1.54. The van der Waals surface area contributed by atoms with Crippen LogP contribution >= 0.6 is 0 Å². The summed E-state index contributed by atoms with van der Waals surface area (Å²) in [6.07, 6.45) is 4.30. The number of likely N-dealkylation sites (tertiary alicyclic amines) is 1. The predicted molar refractivity (Wildman–Crippen MR) is 114 cm³/mol. The number of hydrogen-bond donors (Lipinski definition) is 2. The number of ether oxygens (including phenoxy) is 2. The first-order valence-corrected chi connectivity index (χ1v) is 10.7. The van der Waals surface area contributed by atoms with Crippen molar-refractivity contribution in [3.63, 3.8) is 0 Å². The second-order valence-corrected chi connectivity index (χ2v) is 7.83. The molecule has 6 heteroatoms. The maximum absolute atomic E-state index is 5.82. The zero-order valence-electron chi connectivity index (χ0n) is 17.5. The smallest absolute Gasteiger partial charge is 0.191 e. The molecule has 0 aromatic heterocycles. The molecule has 1 aromatic carbocycles. The number of guanidine groups is 1. The van der Waals surface area contributed by atoms with E-state index in [0.29, 0.717) is 12.6 Å². The van der Waals surface area contributed by atoms with Gasteiger partial charge in [-0.15, -0.1) is 0 Å². The van der Waals surface area contributed by atoms with Crippen LogP contribution < -0.4 is 10.6 Å². The Hall–Kier alpha value is -1.63. The Morgan fingerprint density at radius 2 is 2.04 bits per heavy atom. The topological polar surface area (TPSA) is 58.1 Å². The van der Waals surface area contributed by atoms with Gasteiger partial charge in [0.2, 0.25) is 0 Å². The van der Waals surface area contributed by atoms with Gasteiger partial charge in [-0.05, 0) is 31.9 Å². The molecule has 6 nitrogen and oxygen atoms in total. The number of hydrogen-bond acceptors (Lipinski definition) is 4. The van der Waals surface area contributed by atoms with E-state index < -0.39 is 0 Å². The molecule has 0 spiro atoms. The van der Waals surface area contributed by atoms with Crippen LogP contribution in [0.4, 0.5) is 0 Å². The highest BCUT2D eigenvalue weighted by molar-refractivity contribution is 5.79. The Morgan fingerprint density at radius 3 is 2.75 bits per heavy atom. The molecule has 0 aliphatic carbocycles. The fourth-order valence-corrected chi connectivity index (χ4v) is 4.10. The standard InChI is InChI=1S/C22H36N4O2/c1-3-23-21(25-18-22(27-2)11-14-28-15-12-22)24-16-20-10-7-13-26(20)17-19-8-5-4-6-9-19/h4-6,8-9,20H,3,7,10-18H2,1-2H3,(H2,23,24,25). The van der Waals surface area contributed by atoms with Crippen LogP contribution in [0.15, 0.2) is 35.3 Å². The van der Waals surface area contributed by atoms with Crippen LogP contribution in [0.2, 0.25) is 0 Å². The van der Waals surface area contributed by atoms with Crippen molar-refractivity contribution >= 4 is 5.96 Å². The van der Waals surface area contributed by atoms with Crippen molar-refractivity contribution in [3.8, 4) is 0 Å². The fourth-order valence-electron chi connectivity index (χ4n) is 4.10. The van der Waals surface area contributed by atoms with Crippen LogP contribution in [0.1, 0.15) is 38.2 Å². The van der Waals surface area contributed by atoms with E-state index in [-0.39, 0.29) is 5.60 Å². The third kappa shape index (κ3) is 5.93. The number of nitrogens with one attached hydrogen (secondary N) is 2. The van der Waals surface area contributed by atoms with Gasteiger partial charge in [-0.25, -0.2) is 0 Å². The lowest BCUT2D eigenvalue weighted by Gasteiger charge is -2.34. The van der Waals surface area contributed by atoms with E-state index in [9.17, 15) is 0 Å². The highest BCUT2D eigenvalue weighted by atomic mass is 16.5. The highest BCUT2D eigenvalue weighted by Crippen LogP contribution is 2.24. The molecule has 0 amide bonds. The van der Waals surface area contributed by atoms with Gasteiger partial charge in [0, 0.05) is 58.8 Å². The molecule has 0 bridgehead atoms. The zero-order valence-corrected chi connectivity index (χ0v) is 17.5. The summed E-state index contributed by atoms with van der Waals surface area (Å²) in [5, 5.41) is 6.96.